The number of benzene rings is 1. The average molecular weight is 452 g/mol. The van der Waals surface area contributed by atoms with Crippen LogP contribution in [0.5, 0.6) is 0 Å². The molecule has 0 bridgehead atoms. The molecule has 1 saturated heterocycles. The number of amides is 1. The van der Waals surface area contributed by atoms with Gasteiger partial charge in [-0.1, -0.05) is 15.9 Å². The zero-order chi connectivity index (χ0) is 20.3. The molecule has 150 valence electrons. The van der Waals surface area contributed by atoms with E-state index in [9.17, 15) is 14.4 Å². The molecule has 0 radical (unpaired) electrons. The van der Waals surface area contributed by atoms with Crippen molar-refractivity contribution in [3.63, 3.8) is 0 Å². The van der Waals surface area contributed by atoms with Gasteiger partial charge in [0.1, 0.15) is 5.58 Å². The molecule has 1 aliphatic rings. The smallest absolute Gasteiger partial charge is 0.375 e. The molecule has 2 aromatic rings. The molecule has 0 atom stereocenters. The summed E-state index contributed by atoms with van der Waals surface area (Å²) in [7, 11) is 0. The van der Waals surface area contributed by atoms with Gasteiger partial charge in [0.25, 0.3) is 5.91 Å². The summed E-state index contributed by atoms with van der Waals surface area (Å²) in [5.74, 6) is -1.24. The van der Waals surface area contributed by atoms with Crippen molar-refractivity contribution in [2.45, 2.75) is 26.7 Å². The highest BCUT2D eigenvalue weighted by Gasteiger charge is 2.29. The van der Waals surface area contributed by atoms with Gasteiger partial charge in [0.05, 0.1) is 12.5 Å². The summed E-state index contributed by atoms with van der Waals surface area (Å²) < 4.78 is 16.7. The largest absolute Gasteiger partial charge is 0.466 e. The summed E-state index contributed by atoms with van der Waals surface area (Å²) in [6, 6.07) is 5.45. The number of piperidine rings is 1. The van der Waals surface area contributed by atoms with Crippen LogP contribution in [-0.4, -0.2) is 49.0 Å². The van der Waals surface area contributed by atoms with Gasteiger partial charge in [-0.3, -0.25) is 9.59 Å². The van der Waals surface area contributed by atoms with Crippen molar-refractivity contribution in [2.75, 3.05) is 26.3 Å². The molecule has 1 aromatic heterocycles. The fourth-order valence-corrected chi connectivity index (χ4v) is 3.66. The maximum absolute atomic E-state index is 12.4. The van der Waals surface area contributed by atoms with E-state index in [-0.39, 0.29) is 30.2 Å². The Hall–Kier alpha value is -2.35. The van der Waals surface area contributed by atoms with Crippen LogP contribution in [0.1, 0.15) is 35.9 Å². The third-order valence-corrected chi connectivity index (χ3v) is 5.37. The number of aryl methyl sites for hydroxylation is 1. The molecule has 0 aliphatic carbocycles. The van der Waals surface area contributed by atoms with Crippen molar-refractivity contribution in [2.24, 2.45) is 5.92 Å². The van der Waals surface area contributed by atoms with Gasteiger partial charge in [-0.15, -0.1) is 0 Å². The number of rotatable bonds is 5. The molecule has 0 spiro atoms. The Morgan fingerprint density at radius 2 is 1.93 bits per heavy atom. The number of nitrogens with zero attached hydrogens (tertiary/aromatic N) is 1. The predicted octanol–water partition coefficient (Wildman–Crippen LogP) is 3.46. The third kappa shape index (κ3) is 4.38. The molecule has 0 N–H and O–H groups in total. The summed E-state index contributed by atoms with van der Waals surface area (Å²) in [5.41, 5.74) is 1.25. The first-order chi connectivity index (χ1) is 13.4. The number of likely N-dealkylation sites (tertiary alicyclic amines) is 1. The van der Waals surface area contributed by atoms with Gasteiger partial charge in [0.15, 0.2) is 6.61 Å². The van der Waals surface area contributed by atoms with Crippen LogP contribution in [0.2, 0.25) is 0 Å². The Labute approximate surface area is 171 Å². The lowest BCUT2D eigenvalue weighted by Crippen LogP contribution is -2.42. The highest BCUT2D eigenvalue weighted by molar-refractivity contribution is 9.10. The van der Waals surface area contributed by atoms with Gasteiger partial charge in [-0.2, -0.15) is 0 Å². The van der Waals surface area contributed by atoms with Gasteiger partial charge >= 0.3 is 11.9 Å². The number of halogens is 1. The Bertz CT molecular complexity index is 897. The first kappa shape index (κ1) is 20.4. The molecule has 3 rings (SSSR count). The third-order valence-electron chi connectivity index (χ3n) is 4.88. The maximum atomic E-state index is 12.4. The number of fused-ring (bicyclic) bond motifs is 1. The minimum Gasteiger partial charge on any atom is -0.466 e. The number of esters is 2. The molecule has 0 unspecified atom stereocenters. The van der Waals surface area contributed by atoms with Crippen LogP contribution < -0.4 is 0 Å². The summed E-state index contributed by atoms with van der Waals surface area (Å²) in [6.07, 6.45) is 1.10. The van der Waals surface area contributed by atoms with Crippen LogP contribution in [0.25, 0.3) is 11.0 Å². The van der Waals surface area contributed by atoms with Crippen molar-refractivity contribution < 1.29 is 28.3 Å². The highest BCUT2D eigenvalue weighted by atomic mass is 79.9. The Kier molecular flexibility index (Phi) is 6.39. The minimum atomic E-state index is -0.667. The van der Waals surface area contributed by atoms with Crippen LogP contribution in [0.15, 0.2) is 27.1 Å². The van der Waals surface area contributed by atoms with E-state index >= 15 is 0 Å². The number of carbonyl (C=O) groups is 3. The summed E-state index contributed by atoms with van der Waals surface area (Å²) in [4.78, 5) is 38.1. The van der Waals surface area contributed by atoms with E-state index in [0.717, 1.165) is 9.86 Å². The molecular weight excluding hydrogens is 430 g/mol. The highest BCUT2D eigenvalue weighted by Crippen LogP contribution is 2.28. The zero-order valence-corrected chi connectivity index (χ0v) is 17.4. The molecule has 1 aliphatic heterocycles. The summed E-state index contributed by atoms with van der Waals surface area (Å²) in [6.45, 7) is 4.43. The topological polar surface area (TPSA) is 86.0 Å². The van der Waals surface area contributed by atoms with E-state index in [1.807, 2.05) is 12.1 Å². The molecular formula is C20H22BrNO6. The fraction of sp³-hybridized carbons (Fsp3) is 0.450. The number of hydrogen-bond donors (Lipinski definition) is 0. The maximum Gasteiger partial charge on any atom is 0.375 e. The standard InChI is InChI=1S/C20H22BrNO6/c1-3-26-19(24)13-6-8-22(9-7-13)17(23)11-27-20(25)18-12(2)15-10-14(21)4-5-16(15)28-18/h4-5,10,13H,3,6-9,11H2,1-2H3. The van der Waals surface area contributed by atoms with E-state index in [1.165, 1.54) is 0 Å². The van der Waals surface area contributed by atoms with Crippen LogP contribution in [0.4, 0.5) is 0 Å². The quantitative estimate of drug-likeness (QED) is 0.646. The van der Waals surface area contributed by atoms with E-state index in [2.05, 4.69) is 15.9 Å². The predicted molar refractivity (Wildman–Crippen MR) is 105 cm³/mol. The molecule has 1 aromatic carbocycles. The number of furan rings is 1. The lowest BCUT2D eigenvalue weighted by atomic mass is 9.97. The fourth-order valence-electron chi connectivity index (χ4n) is 3.30. The zero-order valence-electron chi connectivity index (χ0n) is 15.8. The molecule has 7 nitrogen and oxygen atoms in total. The van der Waals surface area contributed by atoms with Crippen molar-refractivity contribution >= 4 is 44.7 Å². The van der Waals surface area contributed by atoms with Crippen LogP contribution in [-0.2, 0) is 19.1 Å². The van der Waals surface area contributed by atoms with Gasteiger partial charge in [-0.25, -0.2) is 4.79 Å². The van der Waals surface area contributed by atoms with Gasteiger partial charge in [0, 0.05) is 28.5 Å². The van der Waals surface area contributed by atoms with E-state index in [0.29, 0.717) is 43.7 Å². The average Bonchev–Trinajstić information content (AvgIpc) is 3.02. The number of carbonyl (C=O) groups excluding carboxylic acids is 3. The second-order valence-electron chi connectivity index (χ2n) is 6.68. The van der Waals surface area contributed by atoms with Crippen molar-refractivity contribution in [1.29, 1.82) is 0 Å². The van der Waals surface area contributed by atoms with Crippen molar-refractivity contribution in [3.8, 4) is 0 Å². The Morgan fingerprint density at radius 3 is 2.61 bits per heavy atom. The van der Waals surface area contributed by atoms with Crippen LogP contribution >= 0.6 is 15.9 Å². The first-order valence-corrected chi connectivity index (χ1v) is 10.00. The molecule has 1 fully saturated rings. The lowest BCUT2D eigenvalue weighted by Gasteiger charge is -2.30. The monoisotopic (exact) mass is 451 g/mol. The summed E-state index contributed by atoms with van der Waals surface area (Å²) in [5, 5.41) is 0.814. The van der Waals surface area contributed by atoms with E-state index in [1.54, 1.807) is 24.8 Å². The summed E-state index contributed by atoms with van der Waals surface area (Å²) >= 11 is 3.39. The van der Waals surface area contributed by atoms with Gasteiger partial charge < -0.3 is 18.8 Å². The number of ether oxygens (including phenoxy) is 2. The molecule has 8 heteroatoms. The molecule has 1 amide bonds. The second kappa shape index (κ2) is 8.77. The molecule has 28 heavy (non-hydrogen) atoms. The van der Waals surface area contributed by atoms with Crippen molar-refractivity contribution in [3.05, 3.63) is 34.0 Å². The van der Waals surface area contributed by atoms with E-state index < -0.39 is 5.97 Å². The van der Waals surface area contributed by atoms with E-state index in [4.69, 9.17) is 13.9 Å². The number of hydrogen-bond acceptors (Lipinski definition) is 6. The van der Waals surface area contributed by atoms with Crippen LogP contribution in [0.3, 0.4) is 0 Å². The molecule has 0 saturated carbocycles. The van der Waals surface area contributed by atoms with Gasteiger partial charge in [-0.05, 0) is 44.9 Å². The van der Waals surface area contributed by atoms with Crippen molar-refractivity contribution in [1.82, 2.24) is 4.90 Å². The Morgan fingerprint density at radius 1 is 1.21 bits per heavy atom. The Balaban J connectivity index is 1.54. The molecule has 2 heterocycles. The van der Waals surface area contributed by atoms with Gasteiger partial charge in [0.2, 0.25) is 5.76 Å². The first-order valence-electron chi connectivity index (χ1n) is 9.21. The normalized spacial score (nSPS) is 14.9. The lowest BCUT2D eigenvalue weighted by molar-refractivity contribution is -0.151. The van der Waals surface area contributed by atoms with Crippen LogP contribution in [0, 0.1) is 12.8 Å². The minimum absolute atomic E-state index is 0.0990. The second-order valence-corrected chi connectivity index (χ2v) is 7.60. The SMILES string of the molecule is CCOC(=O)C1CCN(C(=O)COC(=O)c2oc3ccc(Br)cc3c2C)CC1.